The first-order chi connectivity index (χ1) is 14.9. The number of nitrogens with zero attached hydrogens (tertiary/aromatic N) is 4. The molecule has 9 heteroatoms. The van der Waals surface area contributed by atoms with E-state index in [0.29, 0.717) is 33.4 Å². The van der Waals surface area contributed by atoms with E-state index in [1.165, 1.54) is 14.2 Å². The number of esters is 1. The molecule has 0 N–H and O–H groups in total. The van der Waals surface area contributed by atoms with Gasteiger partial charge in [0, 0.05) is 0 Å². The SMILES string of the molecule is COC(=O)c1ccc(-c2noc(-c3ncn(-c4c(C)cccc4Cl)c3C)n2)c(OC)c1. The molecule has 0 amide bonds. The van der Waals surface area contributed by atoms with Crippen LogP contribution < -0.4 is 4.74 Å². The molecule has 0 unspecified atom stereocenters. The largest absolute Gasteiger partial charge is 0.496 e. The van der Waals surface area contributed by atoms with Crippen LogP contribution in [0.15, 0.2) is 47.2 Å². The summed E-state index contributed by atoms with van der Waals surface area (Å²) < 4.78 is 17.5. The second-order valence-electron chi connectivity index (χ2n) is 6.78. The Morgan fingerprint density at radius 3 is 2.68 bits per heavy atom. The minimum Gasteiger partial charge on any atom is -0.496 e. The average Bonchev–Trinajstić information content (AvgIpc) is 3.40. The number of hydrogen-bond donors (Lipinski definition) is 0. The quantitative estimate of drug-likeness (QED) is 0.418. The average molecular weight is 439 g/mol. The summed E-state index contributed by atoms with van der Waals surface area (Å²) in [5.41, 5.74) is 4.14. The number of methoxy groups -OCH3 is 2. The molecule has 0 bridgehead atoms. The molecule has 0 atom stereocenters. The molecule has 4 rings (SSSR count). The Hall–Kier alpha value is -3.65. The molecule has 8 nitrogen and oxygen atoms in total. The van der Waals surface area contributed by atoms with Crippen molar-refractivity contribution in [3.8, 4) is 34.4 Å². The molecule has 0 fully saturated rings. The highest BCUT2D eigenvalue weighted by atomic mass is 35.5. The van der Waals surface area contributed by atoms with Crippen LogP contribution in [0, 0.1) is 13.8 Å². The van der Waals surface area contributed by atoms with Gasteiger partial charge in [0.2, 0.25) is 5.82 Å². The van der Waals surface area contributed by atoms with Gasteiger partial charge in [-0.2, -0.15) is 4.98 Å². The van der Waals surface area contributed by atoms with Gasteiger partial charge in [-0.15, -0.1) is 0 Å². The second-order valence-corrected chi connectivity index (χ2v) is 7.19. The van der Waals surface area contributed by atoms with Crippen LogP contribution in [0.1, 0.15) is 21.6 Å². The van der Waals surface area contributed by atoms with E-state index < -0.39 is 5.97 Å². The highest BCUT2D eigenvalue weighted by molar-refractivity contribution is 6.32. The highest BCUT2D eigenvalue weighted by Gasteiger charge is 2.21. The zero-order chi connectivity index (χ0) is 22.1. The molecule has 0 aliphatic carbocycles. The molecular weight excluding hydrogens is 420 g/mol. The lowest BCUT2D eigenvalue weighted by molar-refractivity contribution is 0.0600. The van der Waals surface area contributed by atoms with Gasteiger partial charge in [0.1, 0.15) is 17.8 Å². The number of halogens is 1. The van der Waals surface area contributed by atoms with Crippen molar-refractivity contribution >= 4 is 17.6 Å². The van der Waals surface area contributed by atoms with Gasteiger partial charge in [-0.05, 0) is 43.7 Å². The summed E-state index contributed by atoms with van der Waals surface area (Å²) in [6.07, 6.45) is 1.68. The summed E-state index contributed by atoms with van der Waals surface area (Å²) in [6.45, 7) is 3.89. The first-order valence-corrected chi connectivity index (χ1v) is 9.72. The third kappa shape index (κ3) is 3.66. The minimum absolute atomic E-state index is 0.259. The number of benzene rings is 2. The number of carbonyl (C=O) groups is 1. The summed E-state index contributed by atoms with van der Waals surface area (Å²) >= 11 is 6.41. The number of rotatable bonds is 5. The Balaban J connectivity index is 1.73. The van der Waals surface area contributed by atoms with Gasteiger partial charge in [-0.25, -0.2) is 9.78 Å². The van der Waals surface area contributed by atoms with Gasteiger partial charge >= 0.3 is 5.97 Å². The van der Waals surface area contributed by atoms with E-state index in [1.807, 2.05) is 36.6 Å². The molecular formula is C22H19ClN4O4. The Kier molecular flexibility index (Phi) is 5.48. The zero-order valence-electron chi connectivity index (χ0n) is 17.3. The van der Waals surface area contributed by atoms with Crippen molar-refractivity contribution in [3.63, 3.8) is 0 Å². The van der Waals surface area contributed by atoms with Gasteiger partial charge in [-0.3, -0.25) is 0 Å². The van der Waals surface area contributed by atoms with Crippen molar-refractivity contribution < 1.29 is 18.8 Å². The maximum Gasteiger partial charge on any atom is 0.337 e. The van der Waals surface area contributed by atoms with Crippen molar-refractivity contribution in [2.24, 2.45) is 0 Å². The van der Waals surface area contributed by atoms with E-state index in [9.17, 15) is 4.79 Å². The van der Waals surface area contributed by atoms with Crippen LogP contribution >= 0.6 is 11.6 Å². The molecule has 0 spiro atoms. The molecule has 2 aromatic carbocycles. The molecule has 158 valence electrons. The number of para-hydroxylation sites is 1. The van der Waals surface area contributed by atoms with Crippen LogP contribution in [0.2, 0.25) is 5.02 Å². The maximum atomic E-state index is 11.8. The fourth-order valence-electron chi connectivity index (χ4n) is 3.32. The van der Waals surface area contributed by atoms with Crippen molar-refractivity contribution in [2.75, 3.05) is 14.2 Å². The Labute approximate surface area is 183 Å². The predicted octanol–water partition coefficient (Wildman–Crippen LogP) is 4.65. The van der Waals surface area contributed by atoms with E-state index in [0.717, 1.165) is 16.9 Å². The standard InChI is InChI=1S/C22H19ClN4O4/c1-12-6-5-7-16(23)19(12)27-11-24-18(13(27)2)21-25-20(26-31-21)15-9-8-14(22(28)30-4)10-17(15)29-3/h5-11H,1-4H3. The molecule has 31 heavy (non-hydrogen) atoms. The van der Waals surface area contributed by atoms with E-state index in [1.54, 1.807) is 24.5 Å². The monoisotopic (exact) mass is 438 g/mol. The predicted molar refractivity (Wildman–Crippen MR) is 115 cm³/mol. The molecule has 0 saturated heterocycles. The van der Waals surface area contributed by atoms with E-state index >= 15 is 0 Å². The summed E-state index contributed by atoms with van der Waals surface area (Å²) in [5.74, 6) is 0.528. The lowest BCUT2D eigenvalue weighted by Crippen LogP contribution is -2.02. The van der Waals surface area contributed by atoms with Gasteiger partial charge in [-0.1, -0.05) is 28.9 Å². The molecule has 0 radical (unpaired) electrons. The summed E-state index contributed by atoms with van der Waals surface area (Å²) in [7, 11) is 2.82. The van der Waals surface area contributed by atoms with Gasteiger partial charge in [0.25, 0.3) is 5.89 Å². The molecule has 2 aromatic heterocycles. The normalized spacial score (nSPS) is 10.9. The molecule has 0 aliphatic rings. The fraction of sp³-hybridized carbons (Fsp3) is 0.182. The number of aryl methyl sites for hydroxylation is 1. The lowest BCUT2D eigenvalue weighted by Gasteiger charge is -2.10. The van der Waals surface area contributed by atoms with Crippen LogP contribution in [-0.4, -0.2) is 39.9 Å². The Bertz CT molecular complexity index is 1260. The third-order valence-corrected chi connectivity index (χ3v) is 5.23. The minimum atomic E-state index is -0.463. The summed E-state index contributed by atoms with van der Waals surface area (Å²) in [4.78, 5) is 20.7. The Morgan fingerprint density at radius 2 is 1.97 bits per heavy atom. The van der Waals surface area contributed by atoms with Crippen LogP contribution in [0.25, 0.3) is 28.7 Å². The van der Waals surface area contributed by atoms with Crippen molar-refractivity contribution in [2.45, 2.75) is 13.8 Å². The van der Waals surface area contributed by atoms with Crippen LogP contribution in [0.5, 0.6) is 5.75 Å². The zero-order valence-corrected chi connectivity index (χ0v) is 18.1. The van der Waals surface area contributed by atoms with E-state index in [4.69, 9.17) is 25.6 Å². The number of aromatic nitrogens is 4. The highest BCUT2D eigenvalue weighted by Crippen LogP contribution is 2.32. The van der Waals surface area contributed by atoms with E-state index in [2.05, 4.69) is 15.1 Å². The van der Waals surface area contributed by atoms with Crippen molar-refractivity contribution in [3.05, 3.63) is 64.6 Å². The van der Waals surface area contributed by atoms with Gasteiger partial charge < -0.3 is 18.6 Å². The third-order valence-electron chi connectivity index (χ3n) is 4.93. The molecule has 0 saturated carbocycles. The summed E-state index contributed by atoms with van der Waals surface area (Å²) in [5, 5.41) is 4.69. The molecule has 2 heterocycles. The first kappa shape index (κ1) is 20.6. The van der Waals surface area contributed by atoms with Crippen molar-refractivity contribution in [1.29, 1.82) is 0 Å². The van der Waals surface area contributed by atoms with E-state index in [-0.39, 0.29) is 5.89 Å². The lowest BCUT2D eigenvalue weighted by atomic mass is 10.1. The maximum absolute atomic E-state index is 11.8. The smallest absolute Gasteiger partial charge is 0.337 e. The topological polar surface area (TPSA) is 92.3 Å². The number of ether oxygens (including phenoxy) is 2. The fourth-order valence-corrected chi connectivity index (χ4v) is 3.64. The summed E-state index contributed by atoms with van der Waals surface area (Å²) in [6, 6.07) is 10.6. The van der Waals surface area contributed by atoms with Gasteiger partial charge in [0.05, 0.1) is 41.8 Å². The van der Waals surface area contributed by atoms with Crippen molar-refractivity contribution in [1.82, 2.24) is 19.7 Å². The second kappa shape index (κ2) is 8.23. The van der Waals surface area contributed by atoms with Crippen LogP contribution in [0.4, 0.5) is 0 Å². The number of hydrogen-bond acceptors (Lipinski definition) is 7. The molecule has 4 aromatic rings. The van der Waals surface area contributed by atoms with Crippen LogP contribution in [-0.2, 0) is 4.74 Å². The number of carbonyl (C=O) groups excluding carboxylic acids is 1. The number of imidazole rings is 1. The Morgan fingerprint density at radius 1 is 1.16 bits per heavy atom. The molecule has 0 aliphatic heterocycles. The van der Waals surface area contributed by atoms with Crippen LogP contribution in [0.3, 0.4) is 0 Å². The first-order valence-electron chi connectivity index (χ1n) is 9.34. The van der Waals surface area contributed by atoms with Gasteiger partial charge in [0.15, 0.2) is 0 Å².